The van der Waals surface area contributed by atoms with E-state index in [4.69, 9.17) is 0 Å². The van der Waals surface area contributed by atoms with Crippen LogP contribution in [0.4, 0.5) is 5.69 Å². The average Bonchev–Trinajstić information content (AvgIpc) is 2.60. The van der Waals surface area contributed by atoms with Crippen LogP contribution in [-0.4, -0.2) is 68.7 Å². The van der Waals surface area contributed by atoms with Crippen LogP contribution in [0.15, 0.2) is 29.2 Å². The Balaban J connectivity index is 1.89. The molecule has 2 rings (SSSR count). The zero-order chi connectivity index (χ0) is 22.5. The van der Waals surface area contributed by atoms with Gasteiger partial charge in [-0.15, -0.1) is 0 Å². The number of likely N-dealkylation sites (N-methyl/N-ethyl adjacent to an activating group) is 1. The van der Waals surface area contributed by atoms with Crippen LogP contribution in [0.1, 0.15) is 34.1 Å². The SMILES string of the molecule is CC(=O)Nc1ccc(S(=O)(=O)N(C)CC(=O)NC(C)CN2CC(C)CC(C)C2)cc1. The third kappa shape index (κ3) is 7.07. The van der Waals surface area contributed by atoms with Crippen molar-refractivity contribution in [3.63, 3.8) is 0 Å². The van der Waals surface area contributed by atoms with Crippen LogP contribution in [0.25, 0.3) is 0 Å². The fourth-order valence-electron chi connectivity index (χ4n) is 4.08. The molecule has 1 aliphatic rings. The van der Waals surface area contributed by atoms with E-state index in [0.717, 1.165) is 23.9 Å². The van der Waals surface area contributed by atoms with Crippen LogP contribution in [0.2, 0.25) is 0 Å². The minimum absolute atomic E-state index is 0.0660. The Labute approximate surface area is 180 Å². The van der Waals surface area contributed by atoms with Gasteiger partial charge in [-0.3, -0.25) is 9.59 Å². The molecule has 30 heavy (non-hydrogen) atoms. The van der Waals surface area contributed by atoms with Crippen LogP contribution in [-0.2, 0) is 19.6 Å². The van der Waals surface area contributed by atoms with E-state index in [1.54, 1.807) is 0 Å². The molecule has 0 spiro atoms. The summed E-state index contributed by atoms with van der Waals surface area (Å²) in [4.78, 5) is 25.9. The average molecular weight is 439 g/mol. The highest BCUT2D eigenvalue weighted by molar-refractivity contribution is 7.89. The molecule has 9 heteroatoms. The second-order valence-electron chi connectivity index (χ2n) is 8.60. The monoisotopic (exact) mass is 438 g/mol. The molecule has 3 unspecified atom stereocenters. The molecule has 0 radical (unpaired) electrons. The number of carbonyl (C=O) groups excluding carboxylic acids is 2. The number of hydrogen-bond donors (Lipinski definition) is 2. The van der Waals surface area contributed by atoms with E-state index in [1.165, 1.54) is 44.7 Å². The predicted octanol–water partition coefficient (Wildman–Crippen LogP) is 1.75. The standard InChI is InChI=1S/C21H34N4O4S/c1-15-10-16(2)12-25(11-15)13-17(3)22-21(27)14-24(5)30(28,29)20-8-6-19(7-9-20)23-18(4)26/h6-9,15-17H,10-14H2,1-5H3,(H,22,27)(H,23,26). The van der Waals surface area contributed by atoms with Gasteiger partial charge in [0, 0.05) is 45.3 Å². The van der Waals surface area contributed by atoms with Gasteiger partial charge in [0.05, 0.1) is 11.4 Å². The molecular weight excluding hydrogens is 404 g/mol. The number of amides is 2. The number of sulfonamides is 1. The largest absolute Gasteiger partial charge is 0.351 e. The Morgan fingerprint density at radius 3 is 2.27 bits per heavy atom. The van der Waals surface area contributed by atoms with Crippen molar-refractivity contribution in [3.8, 4) is 0 Å². The number of nitrogens with one attached hydrogen (secondary N) is 2. The van der Waals surface area contributed by atoms with Crippen molar-refractivity contribution in [2.75, 3.05) is 38.5 Å². The van der Waals surface area contributed by atoms with Crippen molar-refractivity contribution < 1.29 is 18.0 Å². The van der Waals surface area contributed by atoms with Gasteiger partial charge >= 0.3 is 0 Å². The minimum Gasteiger partial charge on any atom is -0.351 e. The first-order valence-electron chi connectivity index (χ1n) is 10.3. The molecule has 0 saturated carbocycles. The molecule has 2 amide bonds. The van der Waals surface area contributed by atoms with Gasteiger partial charge in [-0.1, -0.05) is 13.8 Å². The lowest BCUT2D eigenvalue weighted by Crippen LogP contribution is -2.49. The normalized spacial score (nSPS) is 21.3. The summed E-state index contributed by atoms with van der Waals surface area (Å²) in [6.07, 6.45) is 1.23. The molecule has 1 aliphatic heterocycles. The summed E-state index contributed by atoms with van der Waals surface area (Å²) < 4.78 is 26.5. The topological polar surface area (TPSA) is 98.8 Å². The van der Waals surface area contributed by atoms with Crippen molar-refractivity contribution in [2.45, 2.75) is 45.1 Å². The molecule has 0 aliphatic carbocycles. The molecule has 1 aromatic rings. The number of likely N-dealkylation sites (tertiary alicyclic amines) is 1. The lowest BCUT2D eigenvalue weighted by atomic mass is 9.92. The molecule has 1 saturated heterocycles. The first kappa shape index (κ1) is 24.3. The molecule has 8 nitrogen and oxygen atoms in total. The number of nitrogens with zero attached hydrogens (tertiary/aromatic N) is 2. The zero-order valence-corrected chi connectivity index (χ0v) is 19.3. The molecule has 1 aromatic carbocycles. The summed E-state index contributed by atoms with van der Waals surface area (Å²) in [5.74, 6) is 0.721. The predicted molar refractivity (Wildman–Crippen MR) is 118 cm³/mol. The number of carbonyl (C=O) groups is 2. The Bertz CT molecular complexity index is 831. The third-order valence-electron chi connectivity index (χ3n) is 5.13. The van der Waals surface area contributed by atoms with Gasteiger partial charge in [-0.05, 0) is 49.4 Å². The summed E-state index contributed by atoms with van der Waals surface area (Å²) >= 11 is 0. The van der Waals surface area contributed by atoms with Gasteiger partial charge in [-0.25, -0.2) is 8.42 Å². The first-order valence-corrected chi connectivity index (χ1v) is 11.8. The number of hydrogen-bond acceptors (Lipinski definition) is 5. The van der Waals surface area contributed by atoms with Gasteiger partial charge in [0.1, 0.15) is 0 Å². The quantitative estimate of drug-likeness (QED) is 0.644. The maximum absolute atomic E-state index is 12.7. The fraction of sp³-hybridized carbons (Fsp3) is 0.619. The third-order valence-corrected chi connectivity index (χ3v) is 6.95. The number of rotatable bonds is 8. The fourth-order valence-corrected chi connectivity index (χ4v) is 5.20. The molecule has 3 atom stereocenters. The smallest absolute Gasteiger partial charge is 0.243 e. The van der Waals surface area contributed by atoms with E-state index in [1.807, 2.05) is 6.92 Å². The molecule has 1 fully saturated rings. The van der Waals surface area contributed by atoms with Crippen molar-refractivity contribution in [1.29, 1.82) is 0 Å². The summed E-state index contributed by atoms with van der Waals surface area (Å²) in [5, 5.41) is 5.50. The number of anilines is 1. The van der Waals surface area contributed by atoms with E-state index in [9.17, 15) is 18.0 Å². The maximum Gasteiger partial charge on any atom is 0.243 e. The second-order valence-corrected chi connectivity index (χ2v) is 10.6. The van der Waals surface area contributed by atoms with Crippen LogP contribution < -0.4 is 10.6 Å². The van der Waals surface area contributed by atoms with Crippen LogP contribution in [0.3, 0.4) is 0 Å². The highest BCUT2D eigenvalue weighted by Crippen LogP contribution is 2.21. The van der Waals surface area contributed by atoms with Crippen LogP contribution in [0.5, 0.6) is 0 Å². The molecule has 1 heterocycles. The zero-order valence-electron chi connectivity index (χ0n) is 18.5. The number of piperidine rings is 1. The highest BCUT2D eigenvalue weighted by Gasteiger charge is 2.25. The van der Waals surface area contributed by atoms with Crippen molar-refractivity contribution in [3.05, 3.63) is 24.3 Å². The van der Waals surface area contributed by atoms with Crippen LogP contribution >= 0.6 is 0 Å². The molecule has 168 valence electrons. The number of benzene rings is 1. The van der Waals surface area contributed by atoms with Gasteiger partial charge < -0.3 is 15.5 Å². The van der Waals surface area contributed by atoms with E-state index >= 15 is 0 Å². The van der Waals surface area contributed by atoms with E-state index in [-0.39, 0.29) is 29.3 Å². The van der Waals surface area contributed by atoms with E-state index < -0.39 is 10.0 Å². The lowest BCUT2D eigenvalue weighted by Gasteiger charge is -2.36. The van der Waals surface area contributed by atoms with Crippen LogP contribution in [0, 0.1) is 11.8 Å². The Morgan fingerprint density at radius 1 is 1.17 bits per heavy atom. The Morgan fingerprint density at radius 2 is 1.73 bits per heavy atom. The Hall–Kier alpha value is -1.97. The van der Waals surface area contributed by atoms with Gasteiger partial charge in [-0.2, -0.15) is 4.31 Å². The maximum atomic E-state index is 12.7. The molecular formula is C21H34N4O4S. The lowest BCUT2D eigenvalue weighted by molar-refractivity contribution is -0.122. The molecule has 2 N–H and O–H groups in total. The van der Waals surface area contributed by atoms with Gasteiger partial charge in [0.15, 0.2) is 0 Å². The van der Waals surface area contributed by atoms with Crippen molar-refractivity contribution >= 4 is 27.5 Å². The Kier molecular flexibility index (Phi) is 8.40. The molecule has 0 aromatic heterocycles. The summed E-state index contributed by atoms with van der Waals surface area (Å²) in [7, 11) is -2.42. The summed E-state index contributed by atoms with van der Waals surface area (Å²) in [6.45, 7) is 10.3. The van der Waals surface area contributed by atoms with E-state index in [2.05, 4.69) is 29.4 Å². The molecule has 0 bridgehead atoms. The second kappa shape index (κ2) is 10.4. The minimum atomic E-state index is -3.81. The van der Waals surface area contributed by atoms with Crippen molar-refractivity contribution in [1.82, 2.24) is 14.5 Å². The van der Waals surface area contributed by atoms with Gasteiger partial charge in [0.25, 0.3) is 0 Å². The summed E-state index contributed by atoms with van der Waals surface area (Å²) in [5.41, 5.74) is 0.511. The van der Waals surface area contributed by atoms with E-state index in [0.29, 0.717) is 17.5 Å². The highest BCUT2D eigenvalue weighted by atomic mass is 32.2. The summed E-state index contributed by atoms with van der Waals surface area (Å²) in [6, 6.07) is 5.80. The van der Waals surface area contributed by atoms with Crippen molar-refractivity contribution in [2.24, 2.45) is 11.8 Å². The first-order chi connectivity index (χ1) is 14.0. The van der Waals surface area contributed by atoms with Gasteiger partial charge in [0.2, 0.25) is 21.8 Å².